The first kappa shape index (κ1) is 11.7. The molecule has 1 aromatic heterocycles. The average molecular weight is 231 g/mol. The van der Waals surface area contributed by atoms with Crippen LogP contribution in [-0.2, 0) is 20.1 Å². The third-order valence-corrected chi connectivity index (χ3v) is 2.54. The molecule has 0 amide bonds. The van der Waals surface area contributed by atoms with Crippen molar-refractivity contribution in [2.75, 3.05) is 7.11 Å². The van der Waals surface area contributed by atoms with Gasteiger partial charge in [-0.2, -0.15) is 5.10 Å². The molecule has 0 atom stereocenters. The van der Waals surface area contributed by atoms with Gasteiger partial charge in [-0.1, -0.05) is 12.1 Å². The van der Waals surface area contributed by atoms with Gasteiger partial charge in [-0.15, -0.1) is 0 Å². The number of methoxy groups -OCH3 is 1. The molecule has 90 valence electrons. The van der Waals surface area contributed by atoms with Crippen molar-refractivity contribution in [1.29, 1.82) is 0 Å². The number of nitrogens with one attached hydrogen (secondary N) is 1. The maximum absolute atomic E-state index is 5.18. The first-order valence-electron chi connectivity index (χ1n) is 5.60. The van der Waals surface area contributed by atoms with Crippen LogP contribution in [0.1, 0.15) is 11.3 Å². The molecule has 0 aliphatic rings. The summed E-state index contributed by atoms with van der Waals surface area (Å²) < 4.78 is 6.99. The Morgan fingerprint density at radius 3 is 2.88 bits per heavy atom. The summed E-state index contributed by atoms with van der Waals surface area (Å²) in [6.07, 6.45) is 1.95. The number of benzene rings is 1. The molecule has 0 unspecified atom stereocenters. The summed E-state index contributed by atoms with van der Waals surface area (Å²) in [6, 6.07) is 10.1. The van der Waals surface area contributed by atoms with E-state index in [2.05, 4.69) is 16.5 Å². The lowest BCUT2D eigenvalue weighted by atomic mass is 10.2. The van der Waals surface area contributed by atoms with E-state index in [0.717, 1.165) is 24.5 Å². The van der Waals surface area contributed by atoms with Crippen LogP contribution in [0.3, 0.4) is 0 Å². The molecule has 4 nitrogen and oxygen atoms in total. The van der Waals surface area contributed by atoms with Gasteiger partial charge in [0.25, 0.3) is 0 Å². The first-order chi connectivity index (χ1) is 8.28. The van der Waals surface area contributed by atoms with Crippen molar-refractivity contribution in [2.45, 2.75) is 13.1 Å². The van der Waals surface area contributed by atoms with Crippen LogP contribution in [0.25, 0.3) is 0 Å². The predicted octanol–water partition coefficient (Wildman–Crippen LogP) is 1.72. The van der Waals surface area contributed by atoms with Gasteiger partial charge in [0.05, 0.1) is 12.8 Å². The lowest BCUT2D eigenvalue weighted by molar-refractivity contribution is 0.414. The van der Waals surface area contributed by atoms with Crippen LogP contribution in [0.2, 0.25) is 0 Å². The Kier molecular flexibility index (Phi) is 3.77. The van der Waals surface area contributed by atoms with Crippen LogP contribution in [-0.4, -0.2) is 16.9 Å². The maximum Gasteiger partial charge on any atom is 0.119 e. The van der Waals surface area contributed by atoms with Gasteiger partial charge in [0.2, 0.25) is 0 Å². The highest BCUT2D eigenvalue weighted by molar-refractivity contribution is 5.28. The Labute approximate surface area is 101 Å². The molecule has 0 radical (unpaired) electrons. The van der Waals surface area contributed by atoms with Crippen molar-refractivity contribution in [3.8, 4) is 5.75 Å². The quantitative estimate of drug-likeness (QED) is 0.851. The standard InChI is InChI=1S/C13H17N3O/c1-16-7-6-12(15-16)10-14-9-11-4-3-5-13(8-11)17-2/h3-8,14H,9-10H2,1-2H3. The summed E-state index contributed by atoms with van der Waals surface area (Å²) in [7, 11) is 3.60. The molecule has 0 saturated carbocycles. The molecule has 0 aliphatic heterocycles. The Morgan fingerprint density at radius 2 is 2.18 bits per heavy atom. The predicted molar refractivity (Wildman–Crippen MR) is 66.7 cm³/mol. The molecule has 0 aliphatic carbocycles. The van der Waals surface area contributed by atoms with Gasteiger partial charge in [0, 0.05) is 26.3 Å². The molecule has 0 saturated heterocycles. The van der Waals surface area contributed by atoms with Crippen LogP contribution in [0.4, 0.5) is 0 Å². The summed E-state index contributed by atoms with van der Waals surface area (Å²) >= 11 is 0. The van der Waals surface area contributed by atoms with E-state index in [4.69, 9.17) is 4.74 Å². The van der Waals surface area contributed by atoms with Crippen molar-refractivity contribution in [3.05, 3.63) is 47.8 Å². The van der Waals surface area contributed by atoms with E-state index in [1.807, 2.05) is 42.2 Å². The molecule has 0 spiro atoms. The molecule has 17 heavy (non-hydrogen) atoms. The molecule has 1 heterocycles. The minimum Gasteiger partial charge on any atom is -0.497 e. The molecule has 2 aromatic rings. The molecule has 1 aromatic carbocycles. The lowest BCUT2D eigenvalue weighted by Crippen LogP contribution is -2.13. The second kappa shape index (κ2) is 5.50. The molecule has 2 rings (SSSR count). The zero-order valence-corrected chi connectivity index (χ0v) is 10.2. The number of hydrogen-bond acceptors (Lipinski definition) is 3. The summed E-state index contributed by atoms with van der Waals surface area (Å²) in [4.78, 5) is 0. The molecule has 4 heteroatoms. The highest BCUT2D eigenvalue weighted by Crippen LogP contribution is 2.12. The monoisotopic (exact) mass is 231 g/mol. The fraction of sp³-hybridized carbons (Fsp3) is 0.308. The van der Waals surface area contributed by atoms with E-state index >= 15 is 0 Å². The summed E-state index contributed by atoms with van der Waals surface area (Å²) in [6.45, 7) is 1.59. The zero-order valence-electron chi connectivity index (χ0n) is 10.2. The highest BCUT2D eigenvalue weighted by atomic mass is 16.5. The fourth-order valence-electron chi connectivity index (χ4n) is 1.67. The molecular weight excluding hydrogens is 214 g/mol. The van der Waals surface area contributed by atoms with Crippen molar-refractivity contribution in [1.82, 2.24) is 15.1 Å². The lowest BCUT2D eigenvalue weighted by Gasteiger charge is -2.05. The smallest absolute Gasteiger partial charge is 0.119 e. The van der Waals surface area contributed by atoms with Crippen LogP contribution >= 0.6 is 0 Å². The van der Waals surface area contributed by atoms with Crippen LogP contribution < -0.4 is 10.1 Å². The second-order valence-corrected chi connectivity index (χ2v) is 3.94. The van der Waals surface area contributed by atoms with Gasteiger partial charge in [-0.3, -0.25) is 4.68 Å². The van der Waals surface area contributed by atoms with Crippen molar-refractivity contribution in [3.63, 3.8) is 0 Å². The first-order valence-corrected chi connectivity index (χ1v) is 5.60. The van der Waals surface area contributed by atoms with Crippen LogP contribution in [0.5, 0.6) is 5.75 Å². The molecular formula is C13H17N3O. The van der Waals surface area contributed by atoms with Gasteiger partial charge >= 0.3 is 0 Å². The maximum atomic E-state index is 5.18. The van der Waals surface area contributed by atoms with Gasteiger partial charge < -0.3 is 10.1 Å². The van der Waals surface area contributed by atoms with E-state index in [1.165, 1.54) is 5.56 Å². The van der Waals surface area contributed by atoms with Crippen LogP contribution in [0, 0.1) is 0 Å². The van der Waals surface area contributed by atoms with Gasteiger partial charge in [0.1, 0.15) is 5.75 Å². The molecule has 1 N–H and O–H groups in total. The zero-order chi connectivity index (χ0) is 12.1. The second-order valence-electron chi connectivity index (χ2n) is 3.94. The Balaban J connectivity index is 1.85. The number of aryl methyl sites for hydroxylation is 1. The fourth-order valence-corrected chi connectivity index (χ4v) is 1.67. The van der Waals surface area contributed by atoms with E-state index < -0.39 is 0 Å². The van der Waals surface area contributed by atoms with Crippen molar-refractivity contribution < 1.29 is 4.74 Å². The topological polar surface area (TPSA) is 39.1 Å². The average Bonchev–Trinajstić information content (AvgIpc) is 2.75. The number of hydrogen-bond donors (Lipinski definition) is 1. The number of rotatable bonds is 5. The number of nitrogens with zero attached hydrogens (tertiary/aromatic N) is 2. The van der Waals surface area contributed by atoms with Crippen molar-refractivity contribution >= 4 is 0 Å². The van der Waals surface area contributed by atoms with E-state index in [9.17, 15) is 0 Å². The van der Waals surface area contributed by atoms with E-state index in [1.54, 1.807) is 7.11 Å². The summed E-state index contributed by atoms with van der Waals surface area (Å²) in [5.41, 5.74) is 2.26. The van der Waals surface area contributed by atoms with E-state index in [-0.39, 0.29) is 0 Å². The molecule has 0 fully saturated rings. The van der Waals surface area contributed by atoms with Crippen LogP contribution in [0.15, 0.2) is 36.5 Å². The third-order valence-electron chi connectivity index (χ3n) is 2.54. The summed E-state index contributed by atoms with van der Waals surface area (Å²) in [5.74, 6) is 0.891. The van der Waals surface area contributed by atoms with E-state index in [0.29, 0.717) is 0 Å². The minimum absolute atomic E-state index is 0.776. The van der Waals surface area contributed by atoms with Gasteiger partial charge in [-0.25, -0.2) is 0 Å². The largest absolute Gasteiger partial charge is 0.497 e. The van der Waals surface area contributed by atoms with Gasteiger partial charge in [0.15, 0.2) is 0 Å². The Morgan fingerprint density at radius 1 is 1.29 bits per heavy atom. The van der Waals surface area contributed by atoms with Crippen molar-refractivity contribution in [2.24, 2.45) is 7.05 Å². The summed E-state index contributed by atoms with van der Waals surface area (Å²) in [5, 5.41) is 7.66. The van der Waals surface area contributed by atoms with Gasteiger partial charge in [-0.05, 0) is 23.8 Å². The Bertz CT molecular complexity index is 479. The Hall–Kier alpha value is -1.81. The SMILES string of the molecule is COc1cccc(CNCc2ccn(C)n2)c1. The minimum atomic E-state index is 0.776. The normalized spacial score (nSPS) is 10.5. The third kappa shape index (κ3) is 3.32. The highest BCUT2D eigenvalue weighted by Gasteiger charge is 1.98. The molecule has 0 bridgehead atoms. The number of aromatic nitrogens is 2. The number of ether oxygens (including phenoxy) is 1.